The smallest absolute Gasteiger partial charge is 0.302 e. The average molecular weight is 381 g/mol. The summed E-state index contributed by atoms with van der Waals surface area (Å²) in [5, 5.41) is 5.23. The molecule has 0 radical (unpaired) electrons. The van der Waals surface area contributed by atoms with Crippen LogP contribution in [0.2, 0.25) is 0 Å². The number of oxazole rings is 1. The number of fused-ring (bicyclic) bond motifs is 1. The Kier molecular flexibility index (Phi) is 5.35. The van der Waals surface area contributed by atoms with Gasteiger partial charge in [-0.15, -0.1) is 0 Å². The molecule has 146 valence electrons. The van der Waals surface area contributed by atoms with E-state index in [2.05, 4.69) is 36.4 Å². The molecule has 2 aromatic carbocycles. The normalized spacial score (nSPS) is 11.3. The third-order valence-corrected chi connectivity index (χ3v) is 4.05. The first-order chi connectivity index (χ1) is 13.2. The molecule has 0 aliphatic rings. The summed E-state index contributed by atoms with van der Waals surface area (Å²) in [6, 6.07) is 12.8. The van der Waals surface area contributed by atoms with E-state index in [0.717, 1.165) is 0 Å². The van der Waals surface area contributed by atoms with Gasteiger partial charge in [0, 0.05) is 18.7 Å². The fraction of sp³-hybridized carbons (Fsp3) is 0.286. The first kappa shape index (κ1) is 19.4. The van der Waals surface area contributed by atoms with Gasteiger partial charge in [0.25, 0.3) is 5.91 Å². The highest BCUT2D eigenvalue weighted by Crippen LogP contribution is 2.25. The van der Waals surface area contributed by atoms with Gasteiger partial charge in [0.05, 0.1) is 0 Å². The molecule has 7 heteroatoms. The fourth-order valence-electron chi connectivity index (χ4n) is 2.61. The Balaban J connectivity index is 1.59. The van der Waals surface area contributed by atoms with Gasteiger partial charge in [0.2, 0.25) is 5.91 Å². The van der Waals surface area contributed by atoms with Gasteiger partial charge in [-0.1, -0.05) is 32.9 Å². The molecule has 3 aromatic rings. The highest BCUT2D eigenvalue weighted by molar-refractivity contribution is 5.93. The summed E-state index contributed by atoms with van der Waals surface area (Å²) in [5.74, 6) is 0.0503. The first-order valence-electron chi connectivity index (χ1n) is 8.92. The molecule has 0 unspecified atom stereocenters. The number of anilines is 2. The number of hydrogen-bond donors (Lipinski definition) is 2. The van der Waals surface area contributed by atoms with Crippen molar-refractivity contribution in [2.75, 3.05) is 17.2 Å². The van der Waals surface area contributed by atoms with E-state index in [1.165, 1.54) is 12.5 Å². The third kappa shape index (κ3) is 4.88. The van der Waals surface area contributed by atoms with Gasteiger partial charge in [-0.2, -0.15) is 4.98 Å². The van der Waals surface area contributed by atoms with Gasteiger partial charge in [0.1, 0.15) is 11.3 Å². The lowest BCUT2D eigenvalue weighted by Gasteiger charge is -2.19. The van der Waals surface area contributed by atoms with E-state index in [1.54, 1.807) is 18.2 Å². The maximum Gasteiger partial charge on any atom is 0.302 e. The number of nitrogens with zero attached hydrogens (tertiary/aromatic N) is 1. The maximum atomic E-state index is 12.1. The molecule has 0 bridgehead atoms. The highest BCUT2D eigenvalue weighted by atomic mass is 16.5. The number of ether oxygens (including phenoxy) is 1. The fourth-order valence-corrected chi connectivity index (χ4v) is 2.61. The minimum Gasteiger partial charge on any atom is -0.484 e. The third-order valence-electron chi connectivity index (χ3n) is 4.05. The Labute approximate surface area is 163 Å². The molecule has 0 aliphatic heterocycles. The number of nitrogens with one attached hydrogen (secondary N) is 2. The summed E-state index contributed by atoms with van der Waals surface area (Å²) >= 11 is 0. The SMILES string of the molecule is CC(=O)Nc1ccc2nc(NC(=O)COc3ccc(C(C)(C)C)cc3)oc2c1. The van der Waals surface area contributed by atoms with Crippen molar-refractivity contribution in [1.82, 2.24) is 4.98 Å². The standard InChI is InChI=1S/C21H23N3O4/c1-13(25)22-15-7-10-17-18(11-15)28-20(23-17)24-19(26)12-27-16-8-5-14(6-9-16)21(2,3)4/h5-11H,12H2,1-4H3,(H,22,25)(H,23,24,26). The lowest BCUT2D eigenvalue weighted by atomic mass is 9.87. The second kappa shape index (κ2) is 7.72. The summed E-state index contributed by atoms with van der Waals surface area (Å²) in [4.78, 5) is 27.4. The predicted octanol–water partition coefficient (Wildman–Crippen LogP) is 4.10. The van der Waals surface area contributed by atoms with Crippen LogP contribution in [0, 0.1) is 0 Å². The van der Waals surface area contributed by atoms with Gasteiger partial charge in [0.15, 0.2) is 12.2 Å². The Morgan fingerprint density at radius 2 is 1.79 bits per heavy atom. The number of carbonyl (C=O) groups is 2. The molecule has 1 aromatic heterocycles. The first-order valence-corrected chi connectivity index (χ1v) is 8.92. The van der Waals surface area contributed by atoms with Crippen LogP contribution in [0.3, 0.4) is 0 Å². The van der Waals surface area contributed by atoms with Gasteiger partial charge in [-0.25, -0.2) is 0 Å². The number of amides is 2. The molecule has 7 nitrogen and oxygen atoms in total. The van der Waals surface area contributed by atoms with E-state index in [1.807, 2.05) is 24.3 Å². The highest BCUT2D eigenvalue weighted by Gasteiger charge is 2.14. The van der Waals surface area contributed by atoms with Gasteiger partial charge in [-0.3, -0.25) is 14.9 Å². The molecule has 28 heavy (non-hydrogen) atoms. The number of rotatable bonds is 5. The molecule has 0 saturated carbocycles. The zero-order valence-corrected chi connectivity index (χ0v) is 16.3. The largest absolute Gasteiger partial charge is 0.484 e. The Morgan fingerprint density at radius 1 is 1.07 bits per heavy atom. The number of carbonyl (C=O) groups excluding carboxylic acids is 2. The summed E-state index contributed by atoms with van der Waals surface area (Å²) in [6.07, 6.45) is 0. The molecule has 0 atom stereocenters. The summed E-state index contributed by atoms with van der Waals surface area (Å²) in [7, 11) is 0. The van der Waals surface area contributed by atoms with Crippen LogP contribution in [0.5, 0.6) is 5.75 Å². The van der Waals surface area contributed by atoms with Crippen molar-refractivity contribution in [3.8, 4) is 5.75 Å². The van der Waals surface area contributed by atoms with E-state index in [4.69, 9.17) is 9.15 Å². The van der Waals surface area contributed by atoms with Crippen LogP contribution in [-0.2, 0) is 15.0 Å². The Morgan fingerprint density at radius 3 is 2.43 bits per heavy atom. The molecule has 1 heterocycles. The molecular weight excluding hydrogens is 358 g/mol. The molecule has 0 aliphatic carbocycles. The topological polar surface area (TPSA) is 93.5 Å². The summed E-state index contributed by atoms with van der Waals surface area (Å²) in [5.41, 5.74) is 2.87. The second-order valence-electron chi connectivity index (χ2n) is 7.49. The molecule has 2 amide bonds. The number of benzene rings is 2. The zero-order valence-electron chi connectivity index (χ0n) is 16.3. The quantitative estimate of drug-likeness (QED) is 0.694. The lowest BCUT2D eigenvalue weighted by molar-refractivity contribution is -0.118. The average Bonchev–Trinajstić information content (AvgIpc) is 3.00. The van der Waals surface area contributed by atoms with Crippen LogP contribution in [0.15, 0.2) is 46.9 Å². The lowest BCUT2D eigenvalue weighted by Crippen LogP contribution is -2.20. The zero-order chi connectivity index (χ0) is 20.3. The van der Waals surface area contributed by atoms with Crippen molar-refractivity contribution in [3.05, 3.63) is 48.0 Å². The van der Waals surface area contributed by atoms with Crippen LogP contribution in [0.4, 0.5) is 11.7 Å². The van der Waals surface area contributed by atoms with E-state index in [-0.39, 0.29) is 29.9 Å². The Hall–Kier alpha value is -3.35. The Bertz CT molecular complexity index is 1000. The van der Waals surface area contributed by atoms with Crippen LogP contribution in [0.25, 0.3) is 11.1 Å². The molecule has 0 spiro atoms. The van der Waals surface area contributed by atoms with Crippen molar-refractivity contribution in [2.24, 2.45) is 0 Å². The minimum atomic E-state index is -0.381. The van der Waals surface area contributed by atoms with E-state index in [9.17, 15) is 9.59 Å². The minimum absolute atomic E-state index is 0.0582. The molecule has 0 fully saturated rings. The van der Waals surface area contributed by atoms with Crippen molar-refractivity contribution >= 4 is 34.6 Å². The molecule has 0 saturated heterocycles. The second-order valence-corrected chi connectivity index (χ2v) is 7.49. The van der Waals surface area contributed by atoms with Gasteiger partial charge < -0.3 is 14.5 Å². The van der Waals surface area contributed by atoms with Crippen molar-refractivity contribution in [1.29, 1.82) is 0 Å². The van der Waals surface area contributed by atoms with Gasteiger partial charge in [-0.05, 0) is 35.2 Å². The van der Waals surface area contributed by atoms with Crippen molar-refractivity contribution in [3.63, 3.8) is 0 Å². The van der Waals surface area contributed by atoms with E-state index >= 15 is 0 Å². The van der Waals surface area contributed by atoms with E-state index in [0.29, 0.717) is 22.5 Å². The van der Waals surface area contributed by atoms with Crippen molar-refractivity contribution < 1.29 is 18.7 Å². The van der Waals surface area contributed by atoms with Crippen LogP contribution < -0.4 is 15.4 Å². The number of aromatic nitrogens is 1. The maximum absolute atomic E-state index is 12.1. The number of hydrogen-bond acceptors (Lipinski definition) is 5. The predicted molar refractivity (Wildman–Crippen MR) is 108 cm³/mol. The molecule has 3 rings (SSSR count). The van der Waals surface area contributed by atoms with Crippen LogP contribution in [-0.4, -0.2) is 23.4 Å². The molecule has 2 N–H and O–H groups in total. The summed E-state index contributed by atoms with van der Waals surface area (Å²) in [6.45, 7) is 7.67. The van der Waals surface area contributed by atoms with Crippen LogP contribution in [0.1, 0.15) is 33.3 Å². The van der Waals surface area contributed by atoms with Crippen LogP contribution >= 0.6 is 0 Å². The van der Waals surface area contributed by atoms with E-state index < -0.39 is 0 Å². The summed E-state index contributed by atoms with van der Waals surface area (Å²) < 4.78 is 11.0. The van der Waals surface area contributed by atoms with Crippen molar-refractivity contribution in [2.45, 2.75) is 33.1 Å². The monoisotopic (exact) mass is 381 g/mol. The molecular formula is C21H23N3O4. The van der Waals surface area contributed by atoms with Gasteiger partial charge >= 0.3 is 6.01 Å².